The molecule has 0 spiro atoms. The van der Waals surface area contributed by atoms with Crippen molar-refractivity contribution < 1.29 is 19.1 Å². The Balaban J connectivity index is 1.60. The number of carbonyl (C=O) groups is 3. The summed E-state index contributed by atoms with van der Waals surface area (Å²) >= 11 is 1.34. The SMILES string of the molecule is NC(=O)c1c(NC(=O)COC(=O)Cn2ccccc2=O)sc2c1CCCC2. The van der Waals surface area contributed by atoms with Crippen molar-refractivity contribution in [1.29, 1.82) is 0 Å². The summed E-state index contributed by atoms with van der Waals surface area (Å²) in [5, 5.41) is 3.01. The number of primary amides is 1. The first-order valence-electron chi connectivity index (χ1n) is 8.51. The fourth-order valence-electron chi connectivity index (χ4n) is 3.00. The smallest absolute Gasteiger partial charge is 0.326 e. The van der Waals surface area contributed by atoms with Crippen LogP contribution in [0.3, 0.4) is 0 Å². The summed E-state index contributed by atoms with van der Waals surface area (Å²) in [6.45, 7) is -0.798. The number of aryl methyl sites for hydroxylation is 1. The van der Waals surface area contributed by atoms with Crippen molar-refractivity contribution in [3.05, 3.63) is 50.8 Å². The highest BCUT2D eigenvalue weighted by atomic mass is 32.1. The monoisotopic (exact) mass is 389 g/mol. The summed E-state index contributed by atoms with van der Waals surface area (Å²) in [6.07, 6.45) is 5.10. The number of amides is 2. The van der Waals surface area contributed by atoms with Crippen LogP contribution in [0.25, 0.3) is 0 Å². The molecule has 3 N–H and O–H groups in total. The van der Waals surface area contributed by atoms with Crippen molar-refractivity contribution >= 4 is 34.1 Å². The summed E-state index contributed by atoms with van der Waals surface area (Å²) in [6, 6.07) is 4.50. The average Bonchev–Trinajstić information content (AvgIpc) is 3.00. The first-order chi connectivity index (χ1) is 13.0. The van der Waals surface area contributed by atoms with E-state index in [-0.39, 0.29) is 12.1 Å². The van der Waals surface area contributed by atoms with Gasteiger partial charge in [-0.2, -0.15) is 0 Å². The minimum atomic E-state index is -0.709. The number of thiophene rings is 1. The lowest BCUT2D eigenvalue weighted by Gasteiger charge is -2.11. The highest BCUT2D eigenvalue weighted by molar-refractivity contribution is 7.17. The standard InChI is InChI=1S/C18H19N3O5S/c19-17(25)16-11-5-1-2-6-12(11)27-18(16)20-13(22)10-26-15(24)9-21-8-4-3-7-14(21)23/h3-4,7-8H,1-2,5-6,9-10H2,(H2,19,25)(H,20,22). The van der Waals surface area contributed by atoms with Crippen LogP contribution in [0, 0.1) is 0 Å². The average molecular weight is 389 g/mol. The highest BCUT2D eigenvalue weighted by Crippen LogP contribution is 2.37. The van der Waals surface area contributed by atoms with E-state index >= 15 is 0 Å². The number of ether oxygens (including phenoxy) is 1. The molecule has 0 fully saturated rings. The third-order valence-corrected chi connectivity index (χ3v) is 5.44. The zero-order chi connectivity index (χ0) is 19.4. The Morgan fingerprint density at radius 3 is 2.74 bits per heavy atom. The number of nitrogens with zero attached hydrogens (tertiary/aromatic N) is 1. The van der Waals surface area contributed by atoms with Crippen molar-refractivity contribution in [2.24, 2.45) is 5.73 Å². The van der Waals surface area contributed by atoms with Gasteiger partial charge in [0.15, 0.2) is 6.61 Å². The molecule has 0 aromatic carbocycles. The van der Waals surface area contributed by atoms with Gasteiger partial charge in [-0.1, -0.05) is 6.07 Å². The van der Waals surface area contributed by atoms with Crippen LogP contribution in [-0.2, 0) is 33.7 Å². The lowest BCUT2D eigenvalue weighted by Crippen LogP contribution is -2.27. The Morgan fingerprint density at radius 2 is 2.00 bits per heavy atom. The van der Waals surface area contributed by atoms with Crippen molar-refractivity contribution in [3.63, 3.8) is 0 Å². The largest absolute Gasteiger partial charge is 0.454 e. The van der Waals surface area contributed by atoms with Crippen molar-refractivity contribution in [1.82, 2.24) is 4.57 Å². The summed E-state index contributed by atoms with van der Waals surface area (Å²) in [5.74, 6) is -1.85. The fourth-order valence-corrected chi connectivity index (χ4v) is 4.31. The Morgan fingerprint density at radius 1 is 1.22 bits per heavy atom. The second-order valence-corrected chi connectivity index (χ2v) is 7.26. The van der Waals surface area contributed by atoms with E-state index < -0.39 is 24.4 Å². The normalized spacial score (nSPS) is 12.9. The number of rotatable bonds is 6. The van der Waals surface area contributed by atoms with E-state index in [1.165, 1.54) is 28.2 Å². The molecule has 2 amide bonds. The van der Waals surface area contributed by atoms with E-state index in [4.69, 9.17) is 10.5 Å². The van der Waals surface area contributed by atoms with Gasteiger partial charge in [0, 0.05) is 17.1 Å². The molecule has 142 valence electrons. The van der Waals surface area contributed by atoms with Crippen LogP contribution in [0.2, 0.25) is 0 Å². The number of hydrogen-bond donors (Lipinski definition) is 2. The van der Waals surface area contributed by atoms with Gasteiger partial charge < -0.3 is 20.4 Å². The van der Waals surface area contributed by atoms with Crippen molar-refractivity contribution in [2.45, 2.75) is 32.2 Å². The first-order valence-corrected chi connectivity index (χ1v) is 9.32. The Bertz CT molecular complexity index is 947. The maximum Gasteiger partial charge on any atom is 0.326 e. The predicted octanol–water partition coefficient (Wildman–Crippen LogP) is 1.07. The summed E-state index contributed by atoms with van der Waals surface area (Å²) in [4.78, 5) is 48.4. The van der Waals surface area contributed by atoms with Gasteiger partial charge >= 0.3 is 5.97 Å². The number of nitrogens with two attached hydrogens (primary N) is 1. The molecule has 8 nitrogen and oxygen atoms in total. The molecule has 0 radical (unpaired) electrons. The van der Waals surface area contributed by atoms with E-state index in [2.05, 4.69) is 5.32 Å². The molecule has 0 aliphatic heterocycles. The molecule has 0 bridgehead atoms. The van der Waals surface area contributed by atoms with Crippen LogP contribution in [0.15, 0.2) is 29.2 Å². The van der Waals surface area contributed by atoms with E-state index in [9.17, 15) is 19.2 Å². The number of esters is 1. The summed E-state index contributed by atoms with van der Waals surface area (Å²) in [7, 11) is 0. The fraction of sp³-hybridized carbons (Fsp3) is 0.333. The van der Waals surface area contributed by atoms with Gasteiger partial charge in [0.1, 0.15) is 11.5 Å². The molecule has 27 heavy (non-hydrogen) atoms. The summed E-state index contributed by atoms with van der Waals surface area (Å²) < 4.78 is 6.09. The molecule has 0 unspecified atom stereocenters. The minimum Gasteiger partial charge on any atom is -0.454 e. The molecule has 2 heterocycles. The Kier molecular flexibility index (Phi) is 5.70. The van der Waals surface area contributed by atoms with Gasteiger partial charge in [-0.3, -0.25) is 19.2 Å². The molecular formula is C18H19N3O5S. The molecule has 0 saturated carbocycles. The van der Waals surface area contributed by atoms with Gasteiger partial charge in [0.25, 0.3) is 17.4 Å². The van der Waals surface area contributed by atoms with Crippen LogP contribution >= 0.6 is 11.3 Å². The minimum absolute atomic E-state index is 0.285. The van der Waals surface area contributed by atoms with E-state index in [1.54, 1.807) is 12.1 Å². The van der Waals surface area contributed by atoms with Gasteiger partial charge in [0.2, 0.25) is 0 Å². The number of hydrogen-bond acceptors (Lipinski definition) is 6. The molecule has 9 heteroatoms. The zero-order valence-corrected chi connectivity index (χ0v) is 15.3. The molecule has 2 aromatic heterocycles. The number of carbonyl (C=O) groups excluding carboxylic acids is 3. The second kappa shape index (κ2) is 8.17. The summed E-state index contributed by atoms with van der Waals surface area (Å²) in [5.41, 5.74) is 6.40. The van der Waals surface area contributed by atoms with Crippen LogP contribution in [0.5, 0.6) is 0 Å². The number of aromatic nitrogens is 1. The number of pyridine rings is 1. The quantitative estimate of drug-likeness (QED) is 0.716. The third kappa shape index (κ3) is 4.43. The van der Waals surface area contributed by atoms with Crippen LogP contribution in [0.4, 0.5) is 5.00 Å². The topological polar surface area (TPSA) is 120 Å². The van der Waals surface area contributed by atoms with Crippen molar-refractivity contribution in [2.75, 3.05) is 11.9 Å². The predicted molar refractivity (Wildman–Crippen MR) is 99.8 cm³/mol. The van der Waals surface area contributed by atoms with Gasteiger partial charge in [-0.15, -0.1) is 11.3 Å². The maximum atomic E-state index is 12.1. The van der Waals surface area contributed by atoms with Gasteiger partial charge in [0.05, 0.1) is 5.56 Å². The van der Waals surface area contributed by atoms with Gasteiger partial charge in [-0.25, -0.2) is 0 Å². The zero-order valence-electron chi connectivity index (χ0n) is 14.5. The number of fused-ring (bicyclic) bond motifs is 1. The molecular weight excluding hydrogens is 370 g/mol. The Hall–Kier alpha value is -2.94. The number of nitrogens with one attached hydrogen (secondary N) is 1. The molecule has 2 aromatic rings. The van der Waals surface area contributed by atoms with Crippen LogP contribution < -0.4 is 16.6 Å². The lowest BCUT2D eigenvalue weighted by atomic mass is 9.95. The Labute approximate surface area is 158 Å². The second-order valence-electron chi connectivity index (χ2n) is 6.15. The molecule has 0 saturated heterocycles. The number of anilines is 1. The third-order valence-electron chi connectivity index (χ3n) is 4.23. The first kappa shape index (κ1) is 18.8. The van der Waals surface area contributed by atoms with Gasteiger partial charge in [-0.05, 0) is 37.3 Å². The van der Waals surface area contributed by atoms with Crippen LogP contribution in [-0.4, -0.2) is 29.0 Å². The van der Waals surface area contributed by atoms with E-state index in [0.717, 1.165) is 36.1 Å². The van der Waals surface area contributed by atoms with E-state index in [1.807, 2.05) is 0 Å². The lowest BCUT2D eigenvalue weighted by molar-refractivity contribution is -0.147. The highest BCUT2D eigenvalue weighted by Gasteiger charge is 2.25. The molecule has 0 atom stereocenters. The maximum absolute atomic E-state index is 12.1. The van der Waals surface area contributed by atoms with Crippen molar-refractivity contribution in [3.8, 4) is 0 Å². The molecule has 1 aliphatic carbocycles. The molecule has 3 rings (SSSR count). The van der Waals surface area contributed by atoms with Crippen LogP contribution in [0.1, 0.15) is 33.6 Å². The van der Waals surface area contributed by atoms with E-state index in [0.29, 0.717) is 10.6 Å². The molecule has 1 aliphatic rings.